The summed E-state index contributed by atoms with van der Waals surface area (Å²) >= 11 is -0.646. The van der Waals surface area contributed by atoms with Gasteiger partial charge in [0.25, 0.3) is 0 Å². The maximum absolute atomic E-state index is 12.3. The van der Waals surface area contributed by atoms with Crippen molar-refractivity contribution >= 4 is 11.3 Å². The maximum Gasteiger partial charge on any atom is 0.426 e. The molecule has 0 bridgehead atoms. The van der Waals surface area contributed by atoms with Crippen molar-refractivity contribution in [1.82, 2.24) is 0 Å². The van der Waals surface area contributed by atoms with Crippen LogP contribution in [0.3, 0.4) is 0 Å². The van der Waals surface area contributed by atoms with Gasteiger partial charge in [0.2, 0.25) is 0 Å². The Hall–Kier alpha value is -1.74. The van der Waals surface area contributed by atoms with Crippen molar-refractivity contribution in [3.05, 3.63) is 20.9 Å². The van der Waals surface area contributed by atoms with Gasteiger partial charge in [-0.2, -0.15) is 36.9 Å². The van der Waals surface area contributed by atoms with Gasteiger partial charge >= 0.3 is 12.4 Å². The van der Waals surface area contributed by atoms with E-state index in [2.05, 4.69) is 0 Å². The van der Waals surface area contributed by atoms with Crippen LogP contribution in [0.1, 0.15) is 20.9 Å². The Kier molecular flexibility index (Phi) is 3.08. The molecule has 1 rings (SSSR count). The van der Waals surface area contributed by atoms with Crippen molar-refractivity contribution in [3.63, 3.8) is 0 Å². The van der Waals surface area contributed by atoms with Crippen molar-refractivity contribution in [2.24, 2.45) is 0 Å². The molecule has 0 amide bonds. The fraction of sp³-hybridized carbons (Fsp3) is 0.250. The highest BCUT2D eigenvalue weighted by molar-refractivity contribution is 7.12. The topological polar surface area (TPSA) is 47.6 Å². The molecule has 90 valence electrons. The van der Waals surface area contributed by atoms with Crippen LogP contribution in [0.4, 0.5) is 26.3 Å². The average Bonchev–Trinajstić information content (AvgIpc) is 2.54. The van der Waals surface area contributed by atoms with E-state index in [0.717, 1.165) is 12.1 Å². The molecule has 0 radical (unpaired) electrons. The van der Waals surface area contributed by atoms with Gasteiger partial charge in [-0.25, -0.2) is 0 Å². The fourth-order valence-corrected chi connectivity index (χ4v) is 1.98. The minimum atomic E-state index is -5.09. The second-order valence-corrected chi connectivity index (χ2v) is 3.75. The Morgan fingerprint density at radius 2 is 1.06 bits per heavy atom. The Morgan fingerprint density at radius 1 is 0.765 bits per heavy atom. The van der Waals surface area contributed by atoms with Crippen molar-refractivity contribution < 1.29 is 26.3 Å². The van der Waals surface area contributed by atoms with E-state index >= 15 is 0 Å². The molecule has 0 aliphatic carbocycles. The van der Waals surface area contributed by atoms with Gasteiger partial charge in [0, 0.05) is 0 Å². The number of hydrogen-bond donors (Lipinski definition) is 0. The molecule has 0 aromatic carbocycles. The summed E-state index contributed by atoms with van der Waals surface area (Å²) in [5, 5.41) is 16.8. The molecule has 0 atom stereocenters. The third kappa shape index (κ3) is 2.34. The largest absolute Gasteiger partial charge is 0.426 e. The molecule has 0 saturated carbocycles. The molecular formula is C8F6N2S. The van der Waals surface area contributed by atoms with E-state index in [4.69, 9.17) is 10.5 Å². The number of halogens is 6. The molecule has 0 aliphatic heterocycles. The zero-order valence-corrected chi connectivity index (χ0v) is 8.39. The predicted molar refractivity (Wildman–Crippen MR) is 43.8 cm³/mol. The smallest absolute Gasteiger partial charge is 0.192 e. The number of hydrogen-bond acceptors (Lipinski definition) is 3. The third-order valence-electron chi connectivity index (χ3n) is 1.65. The summed E-state index contributed by atoms with van der Waals surface area (Å²) in [5.41, 5.74) is -2.56. The molecular weight excluding hydrogens is 270 g/mol. The maximum atomic E-state index is 12.3. The fourth-order valence-electron chi connectivity index (χ4n) is 1.04. The molecule has 0 N–H and O–H groups in total. The highest BCUT2D eigenvalue weighted by atomic mass is 32.1. The molecule has 0 spiro atoms. The minimum absolute atomic E-state index is 0.646. The van der Waals surface area contributed by atoms with Crippen LogP contribution in [0.2, 0.25) is 0 Å². The van der Waals surface area contributed by atoms with Crippen LogP contribution in [-0.2, 0) is 12.4 Å². The zero-order valence-electron chi connectivity index (χ0n) is 7.57. The number of nitriles is 2. The number of thiophene rings is 1. The second-order valence-electron chi connectivity index (χ2n) is 2.73. The van der Waals surface area contributed by atoms with Gasteiger partial charge in [0.15, 0.2) is 0 Å². The van der Waals surface area contributed by atoms with Crippen molar-refractivity contribution in [2.75, 3.05) is 0 Å². The summed E-state index contributed by atoms with van der Waals surface area (Å²) in [5.74, 6) is 0. The minimum Gasteiger partial charge on any atom is -0.192 e. The lowest BCUT2D eigenvalue weighted by atomic mass is 10.1. The average molecular weight is 270 g/mol. The zero-order chi connectivity index (χ0) is 13.4. The van der Waals surface area contributed by atoms with E-state index in [9.17, 15) is 26.3 Å². The van der Waals surface area contributed by atoms with Crippen LogP contribution in [0, 0.1) is 22.7 Å². The first-order valence-corrected chi connectivity index (χ1v) is 4.56. The molecule has 2 nitrogen and oxygen atoms in total. The highest BCUT2D eigenvalue weighted by Crippen LogP contribution is 2.45. The van der Waals surface area contributed by atoms with E-state index < -0.39 is 44.6 Å². The van der Waals surface area contributed by atoms with Crippen molar-refractivity contribution in [2.45, 2.75) is 12.4 Å². The Morgan fingerprint density at radius 3 is 1.24 bits per heavy atom. The number of nitrogens with zero attached hydrogens (tertiary/aromatic N) is 2. The van der Waals surface area contributed by atoms with Crippen LogP contribution < -0.4 is 0 Å². The molecule has 0 fully saturated rings. The predicted octanol–water partition coefficient (Wildman–Crippen LogP) is 3.53. The summed E-state index contributed by atoms with van der Waals surface area (Å²) in [6, 6.07) is 1.96. The van der Waals surface area contributed by atoms with E-state index in [1.165, 1.54) is 0 Å². The monoisotopic (exact) mass is 270 g/mol. The molecule has 9 heteroatoms. The summed E-state index contributed by atoms with van der Waals surface area (Å²) < 4.78 is 74.0. The molecule has 1 heterocycles. The summed E-state index contributed by atoms with van der Waals surface area (Å²) in [7, 11) is 0. The molecule has 1 aromatic rings. The highest BCUT2D eigenvalue weighted by Gasteiger charge is 2.45. The molecule has 0 aliphatic rings. The Labute approximate surface area is 94.3 Å². The molecule has 1 aromatic heterocycles. The lowest BCUT2D eigenvalue weighted by Crippen LogP contribution is -2.04. The van der Waals surface area contributed by atoms with Gasteiger partial charge in [-0.15, -0.1) is 11.3 Å². The van der Waals surface area contributed by atoms with E-state index in [1.807, 2.05) is 0 Å². The van der Waals surface area contributed by atoms with E-state index in [1.54, 1.807) is 0 Å². The van der Waals surface area contributed by atoms with Gasteiger partial charge < -0.3 is 0 Å². The number of alkyl halides is 6. The van der Waals surface area contributed by atoms with E-state index in [-0.39, 0.29) is 0 Å². The standard InChI is InChI=1S/C8F6N2S/c9-7(10,11)5-3(1-15)4(2-16)6(17-5)8(12,13)14. The summed E-state index contributed by atoms with van der Waals surface area (Å²) in [6.45, 7) is 0. The van der Waals surface area contributed by atoms with Crippen LogP contribution in [-0.4, -0.2) is 0 Å². The van der Waals surface area contributed by atoms with Crippen LogP contribution >= 0.6 is 11.3 Å². The lowest BCUT2D eigenvalue weighted by Gasteiger charge is -2.03. The third-order valence-corrected chi connectivity index (χ3v) is 2.93. The van der Waals surface area contributed by atoms with Gasteiger partial charge in [0.05, 0.1) is 11.1 Å². The van der Waals surface area contributed by atoms with Gasteiger partial charge in [-0.1, -0.05) is 0 Å². The van der Waals surface area contributed by atoms with Crippen LogP contribution in [0.15, 0.2) is 0 Å². The first-order chi connectivity index (χ1) is 7.62. The van der Waals surface area contributed by atoms with Crippen molar-refractivity contribution in [1.29, 1.82) is 10.5 Å². The molecule has 0 unspecified atom stereocenters. The van der Waals surface area contributed by atoms with Crippen LogP contribution in [0.5, 0.6) is 0 Å². The quantitative estimate of drug-likeness (QED) is 0.677. The Bertz CT molecular complexity index is 478. The molecule has 0 saturated heterocycles. The normalized spacial score (nSPS) is 12.0. The SMILES string of the molecule is N#Cc1c(C(F)(F)F)sc(C(F)(F)F)c1C#N. The van der Waals surface area contributed by atoms with Gasteiger partial charge in [-0.05, 0) is 0 Å². The lowest BCUT2D eigenvalue weighted by molar-refractivity contribution is -0.135. The second kappa shape index (κ2) is 3.93. The van der Waals surface area contributed by atoms with Crippen molar-refractivity contribution in [3.8, 4) is 12.1 Å². The summed E-state index contributed by atoms with van der Waals surface area (Å²) in [4.78, 5) is -3.41. The molecule has 17 heavy (non-hydrogen) atoms. The van der Waals surface area contributed by atoms with E-state index in [0.29, 0.717) is 0 Å². The first-order valence-electron chi connectivity index (χ1n) is 3.74. The number of rotatable bonds is 0. The first kappa shape index (κ1) is 13.3. The van der Waals surface area contributed by atoms with Gasteiger partial charge in [0.1, 0.15) is 21.9 Å². The van der Waals surface area contributed by atoms with Gasteiger partial charge in [-0.3, -0.25) is 0 Å². The summed E-state index contributed by atoms with van der Waals surface area (Å²) in [6.07, 6.45) is -10.2. The van der Waals surface area contributed by atoms with Crippen LogP contribution in [0.25, 0.3) is 0 Å². The Balaban J connectivity index is 3.66.